The average molecular weight is 219 g/mol. The van der Waals surface area contributed by atoms with Crippen molar-refractivity contribution >= 4 is 5.69 Å². The van der Waals surface area contributed by atoms with Crippen molar-refractivity contribution in [3.8, 4) is 0 Å². The van der Waals surface area contributed by atoms with Gasteiger partial charge in [-0.15, -0.1) is 0 Å². The molecule has 0 amide bonds. The molecule has 1 aromatic rings. The lowest BCUT2D eigenvalue weighted by Gasteiger charge is -2.19. The first-order valence-electron chi connectivity index (χ1n) is 5.90. The standard InChI is InChI=1S/C13H21N3/c1-16(2)12-5-3-10(4-6-12)13-9-15-8-11(13)7-14/h3-6,11,13,15H,7-9,14H2,1-2H3. The zero-order valence-corrected chi connectivity index (χ0v) is 10.1. The fourth-order valence-electron chi connectivity index (χ4n) is 2.39. The van der Waals surface area contributed by atoms with Crippen LogP contribution in [-0.4, -0.2) is 33.7 Å². The predicted octanol–water partition coefficient (Wildman–Crippen LogP) is 1.01. The van der Waals surface area contributed by atoms with Crippen LogP contribution in [-0.2, 0) is 0 Å². The van der Waals surface area contributed by atoms with Gasteiger partial charge in [0.15, 0.2) is 0 Å². The molecule has 1 aliphatic rings. The Morgan fingerprint density at radius 2 is 1.94 bits per heavy atom. The molecule has 2 unspecified atom stereocenters. The van der Waals surface area contributed by atoms with Gasteiger partial charge in [-0.2, -0.15) is 0 Å². The quantitative estimate of drug-likeness (QED) is 0.797. The zero-order chi connectivity index (χ0) is 11.5. The highest BCUT2D eigenvalue weighted by molar-refractivity contribution is 5.46. The Morgan fingerprint density at radius 1 is 1.25 bits per heavy atom. The molecule has 88 valence electrons. The summed E-state index contributed by atoms with van der Waals surface area (Å²) in [5, 5.41) is 3.42. The first-order chi connectivity index (χ1) is 7.72. The molecule has 0 saturated carbocycles. The number of nitrogens with one attached hydrogen (secondary N) is 1. The molecular formula is C13H21N3. The van der Waals surface area contributed by atoms with Gasteiger partial charge in [0.2, 0.25) is 0 Å². The van der Waals surface area contributed by atoms with Crippen molar-refractivity contribution in [1.82, 2.24) is 5.32 Å². The van der Waals surface area contributed by atoms with E-state index in [9.17, 15) is 0 Å². The summed E-state index contributed by atoms with van der Waals surface area (Å²) in [7, 11) is 4.13. The number of benzene rings is 1. The summed E-state index contributed by atoms with van der Waals surface area (Å²) >= 11 is 0. The van der Waals surface area contributed by atoms with Gasteiger partial charge >= 0.3 is 0 Å². The van der Waals surface area contributed by atoms with Gasteiger partial charge < -0.3 is 16.0 Å². The van der Waals surface area contributed by atoms with Crippen LogP contribution >= 0.6 is 0 Å². The Hall–Kier alpha value is -1.06. The Kier molecular flexibility index (Phi) is 3.46. The number of hydrogen-bond donors (Lipinski definition) is 2. The molecule has 3 heteroatoms. The van der Waals surface area contributed by atoms with E-state index in [-0.39, 0.29) is 0 Å². The van der Waals surface area contributed by atoms with Gasteiger partial charge in [0.25, 0.3) is 0 Å². The molecule has 2 rings (SSSR count). The second-order valence-corrected chi connectivity index (χ2v) is 4.75. The second kappa shape index (κ2) is 4.85. The smallest absolute Gasteiger partial charge is 0.0361 e. The van der Waals surface area contributed by atoms with E-state index in [4.69, 9.17) is 5.73 Å². The molecule has 1 heterocycles. The number of anilines is 1. The van der Waals surface area contributed by atoms with Gasteiger partial charge in [0.05, 0.1) is 0 Å². The Labute approximate surface area is 97.6 Å². The Balaban J connectivity index is 2.15. The van der Waals surface area contributed by atoms with Crippen molar-refractivity contribution in [1.29, 1.82) is 0 Å². The van der Waals surface area contributed by atoms with Crippen LogP contribution in [0.3, 0.4) is 0 Å². The van der Waals surface area contributed by atoms with E-state index in [1.165, 1.54) is 11.3 Å². The topological polar surface area (TPSA) is 41.3 Å². The van der Waals surface area contributed by atoms with E-state index >= 15 is 0 Å². The molecule has 0 radical (unpaired) electrons. The first kappa shape index (κ1) is 11.4. The van der Waals surface area contributed by atoms with Crippen LogP contribution in [0.2, 0.25) is 0 Å². The normalized spacial score (nSPS) is 24.7. The summed E-state index contributed by atoms with van der Waals surface area (Å²) in [5.74, 6) is 1.17. The molecule has 0 bridgehead atoms. The minimum absolute atomic E-state index is 0.584. The van der Waals surface area contributed by atoms with Crippen molar-refractivity contribution in [2.75, 3.05) is 38.6 Å². The van der Waals surface area contributed by atoms with E-state index in [0.717, 1.165) is 19.6 Å². The molecule has 1 saturated heterocycles. The van der Waals surface area contributed by atoms with Gasteiger partial charge in [0.1, 0.15) is 0 Å². The maximum Gasteiger partial charge on any atom is 0.0361 e. The Bertz CT molecular complexity index is 332. The van der Waals surface area contributed by atoms with Crippen LogP contribution in [0.5, 0.6) is 0 Å². The molecule has 1 fully saturated rings. The van der Waals surface area contributed by atoms with Crippen molar-refractivity contribution in [2.45, 2.75) is 5.92 Å². The second-order valence-electron chi connectivity index (χ2n) is 4.75. The lowest BCUT2D eigenvalue weighted by atomic mass is 9.89. The third-order valence-corrected chi connectivity index (χ3v) is 3.48. The van der Waals surface area contributed by atoms with Gasteiger partial charge in [-0.1, -0.05) is 12.1 Å². The summed E-state index contributed by atoms with van der Waals surface area (Å²) in [5.41, 5.74) is 8.45. The molecule has 3 nitrogen and oxygen atoms in total. The van der Waals surface area contributed by atoms with Crippen molar-refractivity contribution in [2.24, 2.45) is 11.7 Å². The van der Waals surface area contributed by atoms with Crippen LogP contribution in [0.15, 0.2) is 24.3 Å². The SMILES string of the molecule is CN(C)c1ccc(C2CNCC2CN)cc1. The summed E-state index contributed by atoms with van der Waals surface area (Å²) in [6.45, 7) is 2.88. The van der Waals surface area contributed by atoms with Gasteiger partial charge in [-0.3, -0.25) is 0 Å². The lowest BCUT2D eigenvalue weighted by molar-refractivity contribution is 0.531. The van der Waals surface area contributed by atoms with E-state index in [1.54, 1.807) is 0 Å². The summed E-state index contributed by atoms with van der Waals surface area (Å²) in [6.07, 6.45) is 0. The van der Waals surface area contributed by atoms with Gasteiger partial charge in [-0.25, -0.2) is 0 Å². The summed E-state index contributed by atoms with van der Waals surface area (Å²) in [4.78, 5) is 2.12. The van der Waals surface area contributed by atoms with Crippen molar-refractivity contribution < 1.29 is 0 Å². The molecule has 0 aromatic heterocycles. The molecule has 1 aromatic carbocycles. The van der Waals surface area contributed by atoms with Crippen molar-refractivity contribution in [3.05, 3.63) is 29.8 Å². The highest BCUT2D eigenvalue weighted by Crippen LogP contribution is 2.28. The van der Waals surface area contributed by atoms with Crippen molar-refractivity contribution in [3.63, 3.8) is 0 Å². The monoisotopic (exact) mass is 219 g/mol. The van der Waals surface area contributed by atoms with Gasteiger partial charge in [-0.05, 0) is 36.7 Å². The minimum atomic E-state index is 0.584. The average Bonchev–Trinajstić information content (AvgIpc) is 2.77. The molecular weight excluding hydrogens is 198 g/mol. The number of nitrogens with zero attached hydrogens (tertiary/aromatic N) is 1. The highest BCUT2D eigenvalue weighted by Gasteiger charge is 2.26. The fraction of sp³-hybridized carbons (Fsp3) is 0.538. The highest BCUT2D eigenvalue weighted by atomic mass is 15.1. The third-order valence-electron chi connectivity index (χ3n) is 3.48. The Morgan fingerprint density at radius 3 is 2.50 bits per heavy atom. The molecule has 1 aliphatic heterocycles. The summed E-state index contributed by atoms with van der Waals surface area (Å²) in [6, 6.07) is 8.83. The molecule has 0 spiro atoms. The van der Waals surface area contributed by atoms with Crippen LogP contribution < -0.4 is 16.0 Å². The van der Waals surface area contributed by atoms with E-state index in [2.05, 4.69) is 48.6 Å². The molecule has 16 heavy (non-hydrogen) atoms. The predicted molar refractivity (Wildman–Crippen MR) is 68.9 cm³/mol. The van der Waals surface area contributed by atoms with E-state index in [1.807, 2.05) is 0 Å². The van der Waals surface area contributed by atoms with Crippen LogP contribution in [0.25, 0.3) is 0 Å². The largest absolute Gasteiger partial charge is 0.378 e. The molecule has 2 atom stereocenters. The maximum absolute atomic E-state index is 5.79. The number of hydrogen-bond acceptors (Lipinski definition) is 3. The van der Waals surface area contributed by atoms with E-state index < -0.39 is 0 Å². The van der Waals surface area contributed by atoms with Gasteiger partial charge in [0, 0.05) is 32.2 Å². The molecule has 0 aliphatic carbocycles. The zero-order valence-electron chi connectivity index (χ0n) is 10.1. The lowest BCUT2D eigenvalue weighted by Crippen LogP contribution is -2.21. The number of nitrogens with two attached hydrogens (primary N) is 1. The first-order valence-corrected chi connectivity index (χ1v) is 5.90. The van der Waals surface area contributed by atoms with E-state index in [0.29, 0.717) is 11.8 Å². The van der Waals surface area contributed by atoms with Crippen LogP contribution in [0.4, 0.5) is 5.69 Å². The minimum Gasteiger partial charge on any atom is -0.378 e. The number of rotatable bonds is 3. The van der Waals surface area contributed by atoms with Crippen LogP contribution in [0, 0.1) is 5.92 Å². The van der Waals surface area contributed by atoms with Crippen LogP contribution in [0.1, 0.15) is 11.5 Å². The summed E-state index contributed by atoms with van der Waals surface area (Å²) < 4.78 is 0. The fourth-order valence-corrected chi connectivity index (χ4v) is 2.39. The third kappa shape index (κ3) is 2.20. The molecule has 3 N–H and O–H groups in total. The maximum atomic E-state index is 5.79.